The molecule has 192 valence electrons. The Labute approximate surface area is 224 Å². The van der Waals surface area contributed by atoms with Crippen LogP contribution in [0.2, 0.25) is 0 Å². The molecule has 1 aliphatic heterocycles. The van der Waals surface area contributed by atoms with Gasteiger partial charge in [0.1, 0.15) is 12.4 Å². The van der Waals surface area contributed by atoms with Crippen LogP contribution in [-0.2, 0) is 20.8 Å². The number of halogens is 1. The summed E-state index contributed by atoms with van der Waals surface area (Å²) in [6, 6.07) is 29.0. The molecule has 4 aromatic carbocycles. The van der Waals surface area contributed by atoms with Crippen molar-refractivity contribution in [3.05, 3.63) is 119 Å². The van der Waals surface area contributed by atoms with Gasteiger partial charge in [-0.15, -0.1) is 0 Å². The molecular formula is C31H26FNO4S. The van der Waals surface area contributed by atoms with E-state index in [1.54, 1.807) is 6.07 Å². The van der Waals surface area contributed by atoms with E-state index in [4.69, 9.17) is 14.2 Å². The van der Waals surface area contributed by atoms with Crippen molar-refractivity contribution in [3.8, 4) is 11.1 Å². The summed E-state index contributed by atoms with van der Waals surface area (Å²) in [6.07, 6.45) is -1.08. The monoisotopic (exact) mass is 527 g/mol. The highest BCUT2D eigenvalue weighted by Gasteiger charge is 2.29. The number of carbonyl (C=O) groups is 1. The van der Waals surface area contributed by atoms with E-state index in [1.165, 1.54) is 40.1 Å². The minimum absolute atomic E-state index is 0.00417. The van der Waals surface area contributed by atoms with Crippen molar-refractivity contribution in [2.75, 3.05) is 19.8 Å². The molecule has 4 aromatic rings. The lowest BCUT2D eigenvalue weighted by molar-refractivity contribution is -0.0463. The normalized spacial score (nSPS) is 14.8. The van der Waals surface area contributed by atoms with Gasteiger partial charge in [-0.3, -0.25) is 0 Å². The predicted octanol–water partition coefficient (Wildman–Crippen LogP) is 7.06. The predicted molar refractivity (Wildman–Crippen MR) is 144 cm³/mol. The summed E-state index contributed by atoms with van der Waals surface area (Å²) < 4.78 is 31.8. The third-order valence-corrected chi connectivity index (χ3v) is 8.08. The number of hydrogen-bond acceptors (Lipinski definition) is 5. The number of rotatable bonds is 7. The van der Waals surface area contributed by atoms with Crippen LogP contribution < -0.4 is 5.32 Å². The zero-order valence-electron chi connectivity index (χ0n) is 20.6. The zero-order valence-corrected chi connectivity index (χ0v) is 21.4. The Hall–Kier alpha value is -3.65. The fraction of sp³-hybridized carbons (Fsp3) is 0.194. The van der Waals surface area contributed by atoms with Crippen molar-refractivity contribution < 1.29 is 23.4 Å². The Balaban J connectivity index is 1.13. The Morgan fingerprint density at radius 2 is 1.47 bits per heavy atom. The smallest absolute Gasteiger partial charge is 0.407 e. The summed E-state index contributed by atoms with van der Waals surface area (Å²) >= 11 is 1.30. The fourth-order valence-corrected chi connectivity index (χ4v) is 6.12. The van der Waals surface area contributed by atoms with E-state index in [0.717, 1.165) is 10.5 Å². The van der Waals surface area contributed by atoms with Crippen LogP contribution in [0.4, 0.5) is 9.18 Å². The first kappa shape index (κ1) is 24.7. The molecule has 5 nitrogen and oxygen atoms in total. The Bertz CT molecular complexity index is 1420. The van der Waals surface area contributed by atoms with Crippen LogP contribution in [-0.4, -0.2) is 25.9 Å². The summed E-state index contributed by atoms with van der Waals surface area (Å²) in [5, 5.41) is 2.86. The lowest BCUT2D eigenvalue weighted by atomic mass is 9.98. The van der Waals surface area contributed by atoms with Gasteiger partial charge in [0, 0.05) is 22.9 Å². The van der Waals surface area contributed by atoms with Gasteiger partial charge in [0.15, 0.2) is 6.29 Å². The molecule has 2 aliphatic rings. The highest BCUT2D eigenvalue weighted by molar-refractivity contribution is 7.99. The lowest BCUT2D eigenvalue weighted by Gasteiger charge is -2.17. The first-order valence-corrected chi connectivity index (χ1v) is 13.4. The van der Waals surface area contributed by atoms with Crippen molar-refractivity contribution >= 4 is 17.9 Å². The maximum atomic E-state index is 14.9. The Morgan fingerprint density at radius 3 is 2.21 bits per heavy atom. The third kappa shape index (κ3) is 4.92. The fourth-order valence-electron chi connectivity index (χ4n) is 5.03. The zero-order chi connectivity index (χ0) is 25.9. The molecule has 38 heavy (non-hydrogen) atoms. The number of carbonyl (C=O) groups excluding carboxylic acids is 1. The molecule has 1 heterocycles. The number of alkyl carbamates (subject to hydrolysis) is 1. The van der Waals surface area contributed by atoms with E-state index < -0.39 is 12.4 Å². The molecule has 0 atom stereocenters. The van der Waals surface area contributed by atoms with Crippen LogP contribution in [0.15, 0.2) is 101 Å². The largest absolute Gasteiger partial charge is 0.449 e. The molecule has 7 heteroatoms. The van der Waals surface area contributed by atoms with Gasteiger partial charge in [-0.1, -0.05) is 90.6 Å². The summed E-state index contributed by atoms with van der Waals surface area (Å²) in [5.74, 6) is -0.346. The van der Waals surface area contributed by atoms with E-state index in [0.29, 0.717) is 23.7 Å². The van der Waals surface area contributed by atoms with Gasteiger partial charge in [-0.2, -0.15) is 0 Å². The molecule has 1 aliphatic carbocycles. The van der Waals surface area contributed by atoms with Gasteiger partial charge < -0.3 is 19.5 Å². The summed E-state index contributed by atoms with van der Waals surface area (Å²) in [6.45, 7) is 1.45. The molecule has 0 unspecified atom stereocenters. The average molecular weight is 528 g/mol. The first-order chi connectivity index (χ1) is 18.7. The van der Waals surface area contributed by atoms with E-state index in [2.05, 4.69) is 29.6 Å². The van der Waals surface area contributed by atoms with Crippen molar-refractivity contribution in [2.45, 2.75) is 28.5 Å². The summed E-state index contributed by atoms with van der Waals surface area (Å²) in [5.41, 5.74) is 6.21. The number of ether oxygens (including phenoxy) is 3. The number of amides is 1. The van der Waals surface area contributed by atoms with E-state index in [1.807, 2.05) is 54.6 Å². The van der Waals surface area contributed by atoms with Gasteiger partial charge in [0.05, 0.1) is 18.1 Å². The summed E-state index contributed by atoms with van der Waals surface area (Å²) in [7, 11) is 0. The highest BCUT2D eigenvalue weighted by Crippen LogP contribution is 2.44. The number of benzene rings is 4. The van der Waals surface area contributed by atoms with Crippen LogP contribution in [0.1, 0.15) is 34.5 Å². The minimum atomic E-state index is -0.584. The Morgan fingerprint density at radius 1 is 0.842 bits per heavy atom. The third-order valence-electron chi connectivity index (χ3n) is 6.82. The van der Waals surface area contributed by atoms with E-state index >= 15 is 0 Å². The first-order valence-electron chi connectivity index (χ1n) is 12.6. The second kappa shape index (κ2) is 11.0. The SMILES string of the molecule is O=C(NCc1ccccc1Sc1c(F)cccc1C1OCCO1)OCC1c2ccccc2-c2ccccc21. The second-order valence-electron chi connectivity index (χ2n) is 9.12. The van der Waals surface area contributed by atoms with Crippen LogP contribution in [0.25, 0.3) is 11.1 Å². The highest BCUT2D eigenvalue weighted by atomic mass is 32.2. The molecule has 0 saturated carbocycles. The summed E-state index contributed by atoms with van der Waals surface area (Å²) in [4.78, 5) is 14.0. The van der Waals surface area contributed by atoms with Crippen LogP contribution in [0, 0.1) is 5.82 Å². The van der Waals surface area contributed by atoms with Gasteiger partial charge in [-0.05, 0) is 39.9 Å². The Kier molecular flexibility index (Phi) is 7.14. The van der Waals surface area contributed by atoms with Crippen LogP contribution in [0.5, 0.6) is 0 Å². The molecule has 0 spiro atoms. The van der Waals surface area contributed by atoms with Crippen molar-refractivity contribution in [1.82, 2.24) is 5.32 Å². The average Bonchev–Trinajstić information content (AvgIpc) is 3.59. The maximum absolute atomic E-state index is 14.9. The van der Waals surface area contributed by atoms with Gasteiger partial charge in [-0.25, -0.2) is 9.18 Å². The number of fused-ring (bicyclic) bond motifs is 3. The standard InChI is InChI=1S/C31H26FNO4S/c32-27-14-7-13-25(30-35-16-17-36-30)29(27)38-28-15-6-1-8-20(28)18-33-31(34)37-19-26-23-11-4-2-9-21(23)22-10-3-5-12-24(22)26/h1-15,26,30H,16-19H2,(H,33,34). The molecular weight excluding hydrogens is 501 g/mol. The van der Waals surface area contributed by atoms with E-state index in [9.17, 15) is 9.18 Å². The molecule has 1 amide bonds. The maximum Gasteiger partial charge on any atom is 0.407 e. The number of nitrogens with one attached hydrogen (secondary N) is 1. The molecule has 0 bridgehead atoms. The van der Waals surface area contributed by atoms with Crippen molar-refractivity contribution in [2.24, 2.45) is 0 Å². The van der Waals surface area contributed by atoms with Gasteiger partial charge in [0.2, 0.25) is 0 Å². The molecule has 0 aromatic heterocycles. The quantitative estimate of drug-likeness (QED) is 0.279. The van der Waals surface area contributed by atoms with Gasteiger partial charge >= 0.3 is 6.09 Å². The topological polar surface area (TPSA) is 56.8 Å². The van der Waals surface area contributed by atoms with E-state index in [-0.39, 0.29) is 24.9 Å². The van der Waals surface area contributed by atoms with Crippen LogP contribution in [0.3, 0.4) is 0 Å². The molecule has 1 saturated heterocycles. The van der Waals surface area contributed by atoms with Gasteiger partial charge in [0.25, 0.3) is 0 Å². The lowest BCUT2D eigenvalue weighted by Crippen LogP contribution is -2.25. The second-order valence-corrected chi connectivity index (χ2v) is 10.2. The van der Waals surface area contributed by atoms with Crippen molar-refractivity contribution in [1.29, 1.82) is 0 Å². The minimum Gasteiger partial charge on any atom is -0.449 e. The van der Waals surface area contributed by atoms with Crippen LogP contribution >= 0.6 is 11.8 Å². The molecule has 6 rings (SSSR count). The number of hydrogen-bond donors (Lipinski definition) is 1. The molecule has 1 N–H and O–H groups in total. The van der Waals surface area contributed by atoms with Crippen molar-refractivity contribution in [3.63, 3.8) is 0 Å². The molecule has 1 fully saturated rings. The molecule has 0 radical (unpaired) electrons.